The van der Waals surface area contributed by atoms with Gasteiger partial charge in [0.25, 0.3) is 0 Å². The number of nitrogens with zero attached hydrogens (tertiary/aromatic N) is 1. The molecule has 0 fully saturated rings. The topological polar surface area (TPSA) is 57.6 Å². The fraction of sp³-hybridized carbons (Fsp3) is 0.667. The third-order valence-corrected chi connectivity index (χ3v) is 5.28. The molecule has 0 aliphatic carbocycles. The van der Waals surface area contributed by atoms with Gasteiger partial charge in [-0.15, -0.1) is 0 Å². The van der Waals surface area contributed by atoms with E-state index >= 15 is 0 Å². The number of anilines is 1. The number of amides is 1. The number of carbonyl (C=O) groups excluding carboxylic acids is 1. The molecule has 0 saturated carbocycles. The Morgan fingerprint density at radius 1 is 0.821 bits per heavy atom. The molecule has 28 heavy (non-hydrogen) atoms. The molecule has 158 valence electrons. The highest BCUT2D eigenvalue weighted by Gasteiger charge is 2.28. The molecule has 1 atom stereocenters. The first-order valence-electron chi connectivity index (χ1n) is 11.2. The maximum Gasteiger partial charge on any atom is 0.326 e. The summed E-state index contributed by atoms with van der Waals surface area (Å²) in [7, 11) is 0. The Hall–Kier alpha value is -1.84. The Morgan fingerprint density at radius 3 is 1.79 bits per heavy atom. The van der Waals surface area contributed by atoms with E-state index in [0.717, 1.165) is 19.3 Å². The minimum absolute atomic E-state index is 0.0867. The monoisotopic (exact) mass is 389 g/mol. The van der Waals surface area contributed by atoms with E-state index in [9.17, 15) is 14.7 Å². The number of benzene rings is 1. The molecule has 1 amide bonds. The summed E-state index contributed by atoms with van der Waals surface area (Å²) in [6.07, 6.45) is 14.4. The normalized spacial score (nSPS) is 11.9. The lowest BCUT2D eigenvalue weighted by Crippen LogP contribution is -2.45. The zero-order valence-corrected chi connectivity index (χ0v) is 17.9. The Balaban J connectivity index is 2.33. The first kappa shape index (κ1) is 24.2. The van der Waals surface area contributed by atoms with Crippen molar-refractivity contribution in [2.45, 2.75) is 103 Å². The van der Waals surface area contributed by atoms with Gasteiger partial charge in [0.05, 0.1) is 0 Å². The van der Waals surface area contributed by atoms with Crippen LogP contribution in [0, 0.1) is 0 Å². The first-order chi connectivity index (χ1) is 13.6. The summed E-state index contributed by atoms with van der Waals surface area (Å²) in [5.74, 6) is -1.03. The fourth-order valence-corrected chi connectivity index (χ4v) is 3.61. The van der Waals surface area contributed by atoms with Crippen LogP contribution in [0.4, 0.5) is 5.69 Å². The van der Waals surface area contributed by atoms with Gasteiger partial charge in [0, 0.05) is 12.1 Å². The van der Waals surface area contributed by atoms with Crippen molar-refractivity contribution in [1.29, 1.82) is 0 Å². The Labute approximate surface area is 171 Å². The van der Waals surface area contributed by atoms with E-state index in [1.54, 1.807) is 0 Å². The van der Waals surface area contributed by atoms with Gasteiger partial charge in [0.2, 0.25) is 5.91 Å². The summed E-state index contributed by atoms with van der Waals surface area (Å²) < 4.78 is 0. The molecule has 0 heterocycles. The van der Waals surface area contributed by atoms with Crippen LogP contribution in [0.5, 0.6) is 0 Å². The molecule has 1 aromatic carbocycles. The van der Waals surface area contributed by atoms with Crippen LogP contribution in [0.3, 0.4) is 0 Å². The third kappa shape index (κ3) is 9.38. The quantitative estimate of drug-likeness (QED) is 0.325. The minimum Gasteiger partial charge on any atom is -0.480 e. The van der Waals surface area contributed by atoms with Crippen LogP contribution in [0.1, 0.15) is 97.3 Å². The molecule has 1 aromatic rings. The van der Waals surface area contributed by atoms with Crippen LogP contribution >= 0.6 is 0 Å². The molecule has 1 unspecified atom stereocenters. The molecule has 4 heteroatoms. The van der Waals surface area contributed by atoms with E-state index in [4.69, 9.17) is 0 Å². The van der Waals surface area contributed by atoms with Crippen molar-refractivity contribution >= 4 is 17.6 Å². The van der Waals surface area contributed by atoms with Crippen molar-refractivity contribution in [2.24, 2.45) is 0 Å². The van der Waals surface area contributed by atoms with Gasteiger partial charge in [-0.2, -0.15) is 0 Å². The fourth-order valence-electron chi connectivity index (χ4n) is 3.61. The van der Waals surface area contributed by atoms with E-state index in [2.05, 4.69) is 6.92 Å². The van der Waals surface area contributed by atoms with Crippen molar-refractivity contribution in [3.63, 3.8) is 0 Å². The number of carboxylic acid groups (broad SMARTS) is 1. The summed E-state index contributed by atoms with van der Waals surface area (Å²) in [6, 6.07) is 8.37. The lowest BCUT2D eigenvalue weighted by molar-refractivity contribution is -0.140. The van der Waals surface area contributed by atoms with Gasteiger partial charge in [-0.05, 0) is 25.0 Å². The van der Waals surface area contributed by atoms with Gasteiger partial charge in [-0.3, -0.25) is 9.69 Å². The molecule has 0 aromatic heterocycles. The van der Waals surface area contributed by atoms with Crippen LogP contribution in [0.25, 0.3) is 0 Å². The number of hydrogen-bond donors (Lipinski definition) is 1. The summed E-state index contributed by atoms with van der Waals surface area (Å²) in [6.45, 7) is 4.05. The average molecular weight is 390 g/mol. The molecule has 0 saturated heterocycles. The molecule has 0 aliphatic rings. The Morgan fingerprint density at radius 2 is 1.32 bits per heavy atom. The SMILES string of the molecule is CCCCCCCCCCCCCC(=O)N(c1ccccc1)C(CC)C(=O)O. The number of para-hydroxylation sites is 1. The van der Waals surface area contributed by atoms with Crippen LogP contribution in [-0.4, -0.2) is 23.0 Å². The second-order valence-electron chi connectivity index (χ2n) is 7.65. The Kier molecular flexibility index (Phi) is 13.1. The van der Waals surface area contributed by atoms with Gasteiger partial charge < -0.3 is 5.11 Å². The predicted octanol–water partition coefficient (Wildman–Crippen LogP) is 6.58. The summed E-state index contributed by atoms with van der Waals surface area (Å²) in [5, 5.41) is 9.52. The maximum absolute atomic E-state index is 12.8. The van der Waals surface area contributed by atoms with Crippen molar-refractivity contribution in [2.75, 3.05) is 4.90 Å². The maximum atomic E-state index is 12.8. The van der Waals surface area contributed by atoms with Gasteiger partial charge in [-0.1, -0.05) is 96.3 Å². The van der Waals surface area contributed by atoms with Crippen molar-refractivity contribution in [3.8, 4) is 0 Å². The largest absolute Gasteiger partial charge is 0.480 e. The number of rotatable bonds is 16. The van der Waals surface area contributed by atoms with Crippen molar-refractivity contribution < 1.29 is 14.7 Å². The summed E-state index contributed by atoms with van der Waals surface area (Å²) >= 11 is 0. The molecule has 0 aliphatic heterocycles. The standard InChI is InChI=1S/C24H39NO3/c1-3-5-6-7-8-9-10-11-12-13-17-20-23(26)25(22(4-2)24(27)28)21-18-15-14-16-19-21/h14-16,18-19,22H,3-13,17,20H2,1-2H3,(H,27,28). The summed E-state index contributed by atoms with van der Waals surface area (Å²) in [4.78, 5) is 25.9. The molecule has 1 N–H and O–H groups in total. The summed E-state index contributed by atoms with van der Waals surface area (Å²) in [5.41, 5.74) is 0.671. The number of hydrogen-bond acceptors (Lipinski definition) is 2. The van der Waals surface area contributed by atoms with E-state index in [1.165, 1.54) is 56.3 Å². The lowest BCUT2D eigenvalue weighted by Gasteiger charge is -2.28. The molecule has 1 rings (SSSR count). The van der Waals surface area contributed by atoms with Gasteiger partial charge >= 0.3 is 5.97 Å². The molecule has 4 nitrogen and oxygen atoms in total. The molecular formula is C24H39NO3. The first-order valence-corrected chi connectivity index (χ1v) is 11.2. The van der Waals surface area contributed by atoms with Crippen LogP contribution < -0.4 is 4.90 Å². The zero-order chi connectivity index (χ0) is 20.6. The molecule has 0 bridgehead atoms. The number of unbranched alkanes of at least 4 members (excludes halogenated alkanes) is 10. The van der Waals surface area contributed by atoms with E-state index in [0.29, 0.717) is 18.5 Å². The minimum atomic E-state index is -0.946. The zero-order valence-electron chi connectivity index (χ0n) is 17.9. The van der Waals surface area contributed by atoms with Crippen LogP contribution in [-0.2, 0) is 9.59 Å². The van der Waals surface area contributed by atoms with E-state index in [-0.39, 0.29) is 5.91 Å². The molecular weight excluding hydrogens is 350 g/mol. The average Bonchev–Trinajstić information content (AvgIpc) is 2.70. The smallest absolute Gasteiger partial charge is 0.326 e. The second kappa shape index (κ2) is 15.1. The van der Waals surface area contributed by atoms with Crippen molar-refractivity contribution in [1.82, 2.24) is 0 Å². The molecule has 0 radical (unpaired) electrons. The number of aliphatic carboxylic acids is 1. The number of carboxylic acids is 1. The van der Waals surface area contributed by atoms with Crippen LogP contribution in [0.2, 0.25) is 0 Å². The highest BCUT2D eigenvalue weighted by molar-refractivity contribution is 5.99. The van der Waals surface area contributed by atoms with E-state index < -0.39 is 12.0 Å². The highest BCUT2D eigenvalue weighted by atomic mass is 16.4. The number of carbonyl (C=O) groups is 2. The van der Waals surface area contributed by atoms with Gasteiger partial charge in [-0.25, -0.2) is 4.79 Å². The molecule has 0 spiro atoms. The van der Waals surface area contributed by atoms with Gasteiger partial charge in [0.15, 0.2) is 0 Å². The third-order valence-electron chi connectivity index (χ3n) is 5.28. The lowest BCUT2D eigenvalue weighted by atomic mass is 10.0. The second-order valence-corrected chi connectivity index (χ2v) is 7.65. The highest BCUT2D eigenvalue weighted by Crippen LogP contribution is 2.21. The predicted molar refractivity (Wildman–Crippen MR) is 117 cm³/mol. The van der Waals surface area contributed by atoms with Gasteiger partial charge in [0.1, 0.15) is 6.04 Å². The van der Waals surface area contributed by atoms with E-state index in [1.807, 2.05) is 37.3 Å². The Bertz CT molecular complexity index is 544. The van der Waals surface area contributed by atoms with Crippen LogP contribution in [0.15, 0.2) is 30.3 Å². The van der Waals surface area contributed by atoms with Crippen molar-refractivity contribution in [3.05, 3.63) is 30.3 Å².